The molecule has 0 bridgehead atoms. The van der Waals surface area contributed by atoms with Gasteiger partial charge in [0.25, 0.3) is 5.24 Å². The van der Waals surface area contributed by atoms with E-state index in [1.165, 1.54) is 25.7 Å². The topological polar surface area (TPSA) is 26.3 Å². The van der Waals surface area contributed by atoms with Crippen molar-refractivity contribution in [1.82, 2.24) is 0 Å². The lowest BCUT2D eigenvalue weighted by Crippen LogP contribution is -1.98. The molecular formula is C22H27ClO2. The van der Waals surface area contributed by atoms with Gasteiger partial charge in [-0.2, -0.15) is 0 Å². The van der Waals surface area contributed by atoms with Crippen LogP contribution in [0.1, 0.15) is 56.3 Å². The Bertz CT molecular complexity index is 647. The molecule has 0 N–H and O–H groups in total. The molecule has 2 aromatic carbocycles. The van der Waals surface area contributed by atoms with Crippen LogP contribution in [0.5, 0.6) is 5.75 Å². The Morgan fingerprint density at radius 3 is 2.12 bits per heavy atom. The van der Waals surface area contributed by atoms with E-state index in [0.717, 1.165) is 35.8 Å². The van der Waals surface area contributed by atoms with Gasteiger partial charge in [0.05, 0.1) is 6.61 Å². The summed E-state index contributed by atoms with van der Waals surface area (Å²) in [5.74, 6) is 1.74. The Labute approximate surface area is 156 Å². The minimum Gasteiger partial charge on any atom is -0.494 e. The van der Waals surface area contributed by atoms with Crippen LogP contribution in [0, 0.1) is 5.92 Å². The summed E-state index contributed by atoms with van der Waals surface area (Å²) < 4.78 is 5.82. The van der Waals surface area contributed by atoms with Gasteiger partial charge in [0.15, 0.2) is 0 Å². The van der Waals surface area contributed by atoms with Gasteiger partial charge in [-0.15, -0.1) is 0 Å². The average molecular weight is 359 g/mol. The maximum Gasteiger partial charge on any atom is 0.252 e. The first kappa shape index (κ1) is 19.5. The fourth-order valence-corrected chi connectivity index (χ4v) is 2.83. The van der Waals surface area contributed by atoms with E-state index in [1.54, 1.807) is 12.1 Å². The number of ether oxygens (including phenoxy) is 1. The molecule has 0 heterocycles. The van der Waals surface area contributed by atoms with E-state index < -0.39 is 5.24 Å². The summed E-state index contributed by atoms with van der Waals surface area (Å²) in [5, 5.41) is -0.431. The molecule has 0 aliphatic rings. The van der Waals surface area contributed by atoms with E-state index in [9.17, 15) is 4.79 Å². The van der Waals surface area contributed by atoms with Crippen molar-refractivity contribution in [3.05, 3.63) is 54.1 Å². The first-order valence-electron chi connectivity index (χ1n) is 9.13. The van der Waals surface area contributed by atoms with Gasteiger partial charge >= 0.3 is 0 Å². The van der Waals surface area contributed by atoms with Gasteiger partial charge in [-0.05, 0) is 59.3 Å². The summed E-state index contributed by atoms with van der Waals surface area (Å²) in [6.07, 6.45) is 6.21. The molecule has 1 atom stereocenters. The van der Waals surface area contributed by atoms with Crippen LogP contribution in [0.4, 0.5) is 0 Å². The highest BCUT2D eigenvalue weighted by Crippen LogP contribution is 2.23. The van der Waals surface area contributed by atoms with Crippen LogP contribution in [-0.2, 0) is 0 Å². The fraction of sp³-hybridized carbons (Fsp3) is 0.409. The minimum atomic E-state index is -0.431. The van der Waals surface area contributed by atoms with Gasteiger partial charge in [0.1, 0.15) is 5.75 Å². The molecule has 0 aromatic heterocycles. The summed E-state index contributed by atoms with van der Waals surface area (Å²) in [5.41, 5.74) is 2.66. The fourth-order valence-electron chi connectivity index (χ4n) is 2.70. The molecule has 0 radical (unpaired) electrons. The Hall–Kier alpha value is -1.80. The third kappa shape index (κ3) is 6.55. The predicted octanol–water partition coefficient (Wildman–Crippen LogP) is 6.72. The van der Waals surface area contributed by atoms with Crippen LogP contribution >= 0.6 is 11.6 Å². The molecule has 0 saturated carbocycles. The van der Waals surface area contributed by atoms with Gasteiger partial charge in [-0.25, -0.2) is 0 Å². The highest BCUT2D eigenvalue weighted by Gasteiger charge is 2.03. The number of benzene rings is 2. The molecule has 0 spiro atoms. The van der Waals surface area contributed by atoms with Crippen LogP contribution in [0.3, 0.4) is 0 Å². The molecular weight excluding hydrogens is 332 g/mol. The van der Waals surface area contributed by atoms with Crippen molar-refractivity contribution in [1.29, 1.82) is 0 Å². The summed E-state index contributed by atoms with van der Waals surface area (Å²) in [7, 11) is 0. The highest BCUT2D eigenvalue weighted by atomic mass is 35.5. The van der Waals surface area contributed by atoms with E-state index >= 15 is 0 Å². The molecule has 25 heavy (non-hydrogen) atoms. The normalized spacial score (nSPS) is 12.0. The zero-order valence-electron chi connectivity index (χ0n) is 15.1. The molecule has 0 unspecified atom stereocenters. The minimum absolute atomic E-state index is 0.431. The van der Waals surface area contributed by atoms with E-state index in [-0.39, 0.29) is 0 Å². The molecule has 0 aliphatic heterocycles. The maximum absolute atomic E-state index is 11.1. The van der Waals surface area contributed by atoms with E-state index in [4.69, 9.17) is 16.3 Å². The van der Waals surface area contributed by atoms with Crippen LogP contribution < -0.4 is 4.74 Å². The van der Waals surface area contributed by atoms with Crippen molar-refractivity contribution in [3.63, 3.8) is 0 Å². The van der Waals surface area contributed by atoms with Crippen molar-refractivity contribution >= 4 is 16.8 Å². The van der Waals surface area contributed by atoms with E-state index in [1.807, 2.05) is 36.4 Å². The zero-order chi connectivity index (χ0) is 18.1. The number of carbonyl (C=O) groups is 1. The second-order valence-electron chi connectivity index (χ2n) is 6.59. The number of hydrogen-bond donors (Lipinski definition) is 0. The number of hydrogen-bond acceptors (Lipinski definition) is 2. The first-order chi connectivity index (χ1) is 12.1. The predicted molar refractivity (Wildman–Crippen MR) is 105 cm³/mol. The van der Waals surface area contributed by atoms with Gasteiger partial charge in [-0.3, -0.25) is 4.79 Å². The first-order valence-corrected chi connectivity index (χ1v) is 9.51. The average Bonchev–Trinajstić information content (AvgIpc) is 2.65. The third-order valence-electron chi connectivity index (χ3n) is 4.61. The van der Waals surface area contributed by atoms with Crippen LogP contribution in [-0.4, -0.2) is 11.8 Å². The Morgan fingerprint density at radius 2 is 1.56 bits per heavy atom. The van der Waals surface area contributed by atoms with Crippen LogP contribution in [0.15, 0.2) is 48.5 Å². The van der Waals surface area contributed by atoms with Gasteiger partial charge in [0.2, 0.25) is 0 Å². The number of halogens is 1. The smallest absolute Gasteiger partial charge is 0.252 e. The van der Waals surface area contributed by atoms with Crippen molar-refractivity contribution in [3.8, 4) is 16.9 Å². The van der Waals surface area contributed by atoms with Crippen molar-refractivity contribution in [2.24, 2.45) is 5.92 Å². The molecule has 0 fully saturated rings. The molecule has 0 aliphatic carbocycles. The van der Waals surface area contributed by atoms with Gasteiger partial charge in [-0.1, -0.05) is 63.8 Å². The Balaban J connectivity index is 1.77. The third-order valence-corrected chi connectivity index (χ3v) is 4.82. The number of carbonyl (C=O) groups excluding carboxylic acids is 1. The molecule has 3 heteroatoms. The Morgan fingerprint density at radius 1 is 0.960 bits per heavy atom. The molecule has 134 valence electrons. The largest absolute Gasteiger partial charge is 0.494 e. The standard InChI is InChI=1S/C22H27ClO2/c1-3-17(2)7-5-4-6-16-25-21-14-12-19(13-15-21)18-8-10-20(11-9-18)22(23)24/h8-15,17H,3-7,16H2,1-2H3/t17-/m0/s1. The van der Waals surface area contributed by atoms with Crippen LogP contribution in [0.25, 0.3) is 11.1 Å². The molecule has 2 nitrogen and oxygen atoms in total. The second-order valence-corrected chi connectivity index (χ2v) is 6.93. The maximum atomic E-state index is 11.1. The lowest BCUT2D eigenvalue weighted by atomic mass is 10.0. The van der Waals surface area contributed by atoms with Crippen molar-refractivity contribution in [2.45, 2.75) is 46.0 Å². The molecule has 2 aromatic rings. The summed E-state index contributed by atoms with van der Waals surface area (Å²) >= 11 is 5.47. The monoisotopic (exact) mass is 358 g/mol. The van der Waals surface area contributed by atoms with Gasteiger partial charge in [0, 0.05) is 5.56 Å². The second kappa shape index (κ2) is 10.2. The highest BCUT2D eigenvalue weighted by molar-refractivity contribution is 6.67. The Kier molecular flexibility index (Phi) is 8.00. The van der Waals surface area contributed by atoms with Crippen molar-refractivity contribution < 1.29 is 9.53 Å². The quantitative estimate of drug-likeness (QED) is 0.348. The van der Waals surface area contributed by atoms with E-state index in [2.05, 4.69) is 13.8 Å². The summed E-state index contributed by atoms with van der Waals surface area (Å²) in [4.78, 5) is 11.1. The lowest BCUT2D eigenvalue weighted by Gasteiger charge is -2.09. The summed E-state index contributed by atoms with van der Waals surface area (Å²) in [6, 6.07) is 15.4. The number of unbranched alkanes of at least 4 members (excludes halogenated alkanes) is 2. The zero-order valence-corrected chi connectivity index (χ0v) is 15.9. The SMILES string of the molecule is CC[C@H](C)CCCCCOc1ccc(-c2ccc(C(=O)Cl)cc2)cc1. The van der Waals surface area contributed by atoms with Gasteiger partial charge < -0.3 is 4.74 Å². The van der Waals surface area contributed by atoms with E-state index in [0.29, 0.717) is 5.56 Å². The summed E-state index contributed by atoms with van der Waals surface area (Å²) in [6.45, 7) is 5.34. The molecule has 0 saturated heterocycles. The molecule has 2 rings (SSSR count). The van der Waals surface area contributed by atoms with Crippen LogP contribution in [0.2, 0.25) is 0 Å². The van der Waals surface area contributed by atoms with Crippen molar-refractivity contribution in [2.75, 3.05) is 6.61 Å². The molecule has 0 amide bonds. The number of rotatable bonds is 10. The lowest BCUT2D eigenvalue weighted by molar-refractivity contribution is 0.108.